The molecule has 214 valence electrons. The molecule has 0 aliphatic carbocycles. The monoisotopic (exact) mass is 641 g/mol. The fraction of sp³-hybridized carbons (Fsp3) is 0.370. The van der Waals surface area contributed by atoms with E-state index in [1.807, 2.05) is 44.2 Å². The van der Waals surface area contributed by atoms with Crippen molar-refractivity contribution in [2.75, 3.05) is 19.7 Å². The molecule has 0 saturated carbocycles. The van der Waals surface area contributed by atoms with Gasteiger partial charge in [0.25, 0.3) is 15.9 Å². The Morgan fingerprint density at radius 1 is 1.18 bits per heavy atom. The van der Waals surface area contributed by atoms with E-state index in [-0.39, 0.29) is 58.8 Å². The first kappa shape index (κ1) is 30.7. The number of amides is 2. The van der Waals surface area contributed by atoms with E-state index in [9.17, 15) is 18.0 Å². The summed E-state index contributed by atoms with van der Waals surface area (Å²) in [4.78, 5) is 26.6. The molecule has 2 aromatic carbocycles. The molecule has 1 aromatic heterocycles. The summed E-state index contributed by atoms with van der Waals surface area (Å²) in [6.45, 7) is 4.30. The van der Waals surface area contributed by atoms with E-state index in [0.717, 1.165) is 14.4 Å². The minimum Gasteiger partial charge on any atom is -0.369 e. The summed E-state index contributed by atoms with van der Waals surface area (Å²) in [7, 11) is -4.02. The Hall–Kier alpha value is -2.28. The van der Waals surface area contributed by atoms with E-state index < -0.39 is 22.2 Å². The molecule has 1 aliphatic heterocycles. The van der Waals surface area contributed by atoms with Gasteiger partial charge in [-0.15, -0.1) is 11.3 Å². The van der Waals surface area contributed by atoms with Crippen molar-refractivity contribution in [1.82, 2.24) is 14.9 Å². The van der Waals surface area contributed by atoms with Crippen molar-refractivity contribution < 1.29 is 22.7 Å². The van der Waals surface area contributed by atoms with Crippen LogP contribution in [0.1, 0.15) is 36.4 Å². The van der Waals surface area contributed by atoms with Crippen molar-refractivity contribution in [1.29, 1.82) is 0 Å². The van der Waals surface area contributed by atoms with Crippen LogP contribution in [0.5, 0.6) is 0 Å². The Morgan fingerprint density at radius 2 is 1.93 bits per heavy atom. The Balaban J connectivity index is 1.37. The predicted octanol–water partition coefficient (Wildman–Crippen LogP) is 5.28. The number of benzene rings is 2. The Bertz CT molecular complexity index is 1490. The molecule has 0 spiro atoms. The highest BCUT2D eigenvalue weighted by molar-refractivity contribution is 7.91. The number of hydrogen-bond donors (Lipinski definition) is 2. The number of ether oxygens (including phenoxy) is 1. The molecule has 1 unspecified atom stereocenters. The Labute approximate surface area is 253 Å². The number of carbonyl (C=O) groups excluding carboxylic acids is 2. The highest BCUT2D eigenvalue weighted by Gasteiger charge is 2.36. The van der Waals surface area contributed by atoms with Crippen LogP contribution < -0.4 is 10.6 Å². The standard InChI is InChI=1S/C27H29Cl2N3O5S3/c1-16(2)13-20(31-26(34)23-14-17-5-3-4-6-22(17)39-23)25(33)30-10-9-21-27(38)32(11-12-37-21)40(35,36)24-8-7-18(28)15-19(24)29/h3-8,14-16,20-21H,9-13H2,1-2H3,(H,30,33)(H,31,34)/t20-,21?/m0/s1. The molecule has 0 radical (unpaired) electrons. The Morgan fingerprint density at radius 3 is 2.62 bits per heavy atom. The molecule has 1 saturated heterocycles. The van der Waals surface area contributed by atoms with Gasteiger partial charge in [-0.1, -0.05) is 67.5 Å². The lowest BCUT2D eigenvalue weighted by molar-refractivity contribution is -0.123. The highest BCUT2D eigenvalue weighted by Crippen LogP contribution is 2.30. The summed E-state index contributed by atoms with van der Waals surface area (Å²) in [5, 5.41) is 7.01. The molecule has 2 N–H and O–H groups in total. The summed E-state index contributed by atoms with van der Waals surface area (Å²) < 4.78 is 34.4. The van der Waals surface area contributed by atoms with Gasteiger partial charge in [-0.05, 0) is 54.5 Å². The molecule has 2 atom stereocenters. The maximum absolute atomic E-state index is 13.3. The number of hydrogen-bond acceptors (Lipinski definition) is 7. The molecule has 40 heavy (non-hydrogen) atoms. The van der Waals surface area contributed by atoms with Crippen molar-refractivity contribution in [3.8, 4) is 0 Å². The van der Waals surface area contributed by atoms with Crippen LogP contribution in [0.15, 0.2) is 53.4 Å². The average Bonchev–Trinajstić information content (AvgIpc) is 3.33. The molecule has 1 aliphatic rings. The smallest absolute Gasteiger partial charge is 0.266 e. The molecule has 8 nitrogen and oxygen atoms in total. The zero-order valence-electron chi connectivity index (χ0n) is 21.9. The number of thiophene rings is 1. The van der Waals surface area contributed by atoms with Gasteiger partial charge < -0.3 is 15.4 Å². The van der Waals surface area contributed by atoms with Crippen molar-refractivity contribution in [2.24, 2.45) is 5.92 Å². The second kappa shape index (κ2) is 13.1. The van der Waals surface area contributed by atoms with E-state index >= 15 is 0 Å². The third-order valence-electron chi connectivity index (χ3n) is 6.28. The lowest BCUT2D eigenvalue weighted by atomic mass is 10.0. The molecule has 4 rings (SSSR count). The second-order valence-electron chi connectivity index (χ2n) is 9.73. The van der Waals surface area contributed by atoms with Crippen molar-refractivity contribution >= 4 is 83.7 Å². The first-order valence-corrected chi connectivity index (χ1v) is 16.1. The first-order chi connectivity index (χ1) is 19.0. The number of nitrogens with one attached hydrogen (secondary N) is 2. The molecular formula is C27H29Cl2N3O5S3. The van der Waals surface area contributed by atoms with E-state index in [4.69, 9.17) is 40.2 Å². The number of sulfonamides is 1. The zero-order chi connectivity index (χ0) is 29.0. The van der Waals surface area contributed by atoms with Crippen LogP contribution in [0.25, 0.3) is 10.1 Å². The number of carbonyl (C=O) groups is 2. The summed E-state index contributed by atoms with van der Waals surface area (Å²) in [5.41, 5.74) is 0. The van der Waals surface area contributed by atoms with E-state index in [0.29, 0.717) is 16.3 Å². The van der Waals surface area contributed by atoms with Crippen LogP contribution in [0.3, 0.4) is 0 Å². The fourth-order valence-corrected chi connectivity index (χ4v) is 8.03. The lowest BCUT2D eigenvalue weighted by Crippen LogP contribution is -2.51. The van der Waals surface area contributed by atoms with Gasteiger partial charge in [0.15, 0.2) is 0 Å². The first-order valence-electron chi connectivity index (χ1n) is 12.7. The van der Waals surface area contributed by atoms with Crippen molar-refractivity contribution in [2.45, 2.75) is 43.7 Å². The minimum absolute atomic E-state index is 0.000469. The van der Waals surface area contributed by atoms with E-state index in [1.165, 1.54) is 29.5 Å². The second-order valence-corrected chi connectivity index (χ2v) is 13.9. The number of rotatable bonds is 10. The van der Waals surface area contributed by atoms with Gasteiger partial charge in [0.1, 0.15) is 22.0 Å². The van der Waals surface area contributed by atoms with Gasteiger partial charge in [-0.2, -0.15) is 0 Å². The van der Waals surface area contributed by atoms with Crippen LogP contribution in [0, 0.1) is 5.92 Å². The van der Waals surface area contributed by atoms with Crippen LogP contribution in [0.2, 0.25) is 10.0 Å². The van der Waals surface area contributed by atoms with Gasteiger partial charge in [-0.25, -0.2) is 8.42 Å². The topological polar surface area (TPSA) is 105 Å². The van der Waals surface area contributed by atoms with Gasteiger partial charge in [0, 0.05) is 16.3 Å². The van der Waals surface area contributed by atoms with Crippen molar-refractivity contribution in [3.05, 3.63) is 63.5 Å². The van der Waals surface area contributed by atoms with E-state index in [2.05, 4.69) is 10.6 Å². The average molecular weight is 643 g/mol. The highest BCUT2D eigenvalue weighted by atomic mass is 35.5. The minimum atomic E-state index is -4.02. The van der Waals surface area contributed by atoms with Crippen LogP contribution in [-0.4, -0.2) is 61.4 Å². The molecule has 0 bridgehead atoms. The Kier molecular flexibility index (Phi) is 10.1. The lowest BCUT2D eigenvalue weighted by Gasteiger charge is -2.34. The summed E-state index contributed by atoms with van der Waals surface area (Å²) in [6, 6.07) is 12.9. The number of fused-ring (bicyclic) bond motifs is 1. The van der Waals surface area contributed by atoms with E-state index in [1.54, 1.807) is 0 Å². The maximum atomic E-state index is 13.3. The quantitative estimate of drug-likeness (QED) is 0.292. The summed E-state index contributed by atoms with van der Waals surface area (Å²) >= 11 is 18.9. The van der Waals surface area contributed by atoms with Crippen molar-refractivity contribution in [3.63, 3.8) is 0 Å². The maximum Gasteiger partial charge on any atom is 0.266 e. The number of thiocarbonyl (C=S) groups is 1. The van der Waals surface area contributed by atoms with Gasteiger partial charge in [0.05, 0.1) is 23.1 Å². The third-order valence-corrected chi connectivity index (χ3v) is 10.5. The number of halogens is 2. The summed E-state index contributed by atoms with van der Waals surface area (Å²) in [6.07, 6.45) is -0.000231. The molecule has 13 heteroatoms. The van der Waals surface area contributed by atoms with Crippen LogP contribution in [-0.2, 0) is 19.6 Å². The predicted molar refractivity (Wildman–Crippen MR) is 163 cm³/mol. The van der Waals surface area contributed by atoms with Crippen LogP contribution in [0.4, 0.5) is 0 Å². The van der Waals surface area contributed by atoms with Gasteiger partial charge in [0.2, 0.25) is 5.91 Å². The zero-order valence-corrected chi connectivity index (χ0v) is 25.8. The fourth-order valence-electron chi connectivity index (χ4n) is 4.34. The number of nitrogens with zero attached hydrogens (tertiary/aromatic N) is 1. The SMILES string of the molecule is CC(C)C[C@H](NC(=O)c1cc2ccccc2s1)C(=O)NCCC1OCCN(S(=O)(=O)c2ccc(Cl)cc2Cl)C1=S. The molecular weight excluding hydrogens is 613 g/mol. The van der Waals surface area contributed by atoms with Gasteiger partial charge in [-0.3, -0.25) is 13.9 Å². The molecule has 2 amide bonds. The largest absolute Gasteiger partial charge is 0.369 e. The normalized spacial score (nSPS) is 16.8. The molecule has 3 aromatic rings. The van der Waals surface area contributed by atoms with Crippen LogP contribution >= 0.6 is 46.8 Å². The molecule has 1 fully saturated rings. The summed E-state index contributed by atoms with van der Waals surface area (Å²) in [5.74, 6) is -0.478. The van der Waals surface area contributed by atoms with Gasteiger partial charge >= 0.3 is 0 Å². The number of morpholine rings is 1. The molecule has 2 heterocycles. The third kappa shape index (κ3) is 7.13.